The average Bonchev–Trinajstić information content (AvgIpc) is 2.98. The van der Waals surface area contributed by atoms with E-state index in [1.165, 1.54) is 31.2 Å². The van der Waals surface area contributed by atoms with E-state index in [2.05, 4.69) is 37.0 Å². The summed E-state index contributed by atoms with van der Waals surface area (Å²) < 4.78 is 0. The van der Waals surface area contributed by atoms with Gasteiger partial charge in [-0.15, -0.1) is 0 Å². The smallest absolute Gasteiger partial charge is 0.211 e. The Bertz CT molecular complexity index is 615. The van der Waals surface area contributed by atoms with Gasteiger partial charge in [-0.05, 0) is 67.1 Å². The number of benzene rings is 1. The number of hydrogen-bond donors (Lipinski definition) is 0. The van der Waals surface area contributed by atoms with Gasteiger partial charge in [-0.25, -0.2) is 4.79 Å². The van der Waals surface area contributed by atoms with Crippen LogP contribution >= 0.6 is 11.6 Å². The number of isocyanates is 1. The van der Waals surface area contributed by atoms with Crippen molar-refractivity contribution in [2.45, 2.75) is 76.7 Å². The van der Waals surface area contributed by atoms with Crippen LogP contribution in [-0.4, -0.2) is 6.08 Å². The van der Waals surface area contributed by atoms with Crippen LogP contribution in [0.3, 0.4) is 0 Å². The number of aliphatic imine (C=N–C) groups is 1. The summed E-state index contributed by atoms with van der Waals surface area (Å²) in [6.45, 7) is 4.71. The molecule has 2 saturated carbocycles. The van der Waals surface area contributed by atoms with E-state index in [0.717, 1.165) is 36.3 Å². The number of halogens is 1. The first-order valence-electron chi connectivity index (χ1n) is 8.85. The van der Waals surface area contributed by atoms with Gasteiger partial charge in [-0.2, -0.15) is 4.99 Å². The lowest BCUT2D eigenvalue weighted by molar-refractivity contribution is 0.224. The second-order valence-electron chi connectivity index (χ2n) is 8.12. The number of nitrogens with zero attached hydrogens (tertiary/aromatic N) is 1. The average molecular weight is 332 g/mol. The summed E-state index contributed by atoms with van der Waals surface area (Å²) in [5.74, 6) is 0.568. The maximum absolute atomic E-state index is 10.9. The minimum atomic E-state index is -0.377. The summed E-state index contributed by atoms with van der Waals surface area (Å²) in [5.41, 5.74) is 2.45. The first-order chi connectivity index (χ1) is 11.0. The molecule has 0 saturated heterocycles. The molecule has 3 rings (SSSR count). The zero-order chi connectivity index (χ0) is 16.5. The lowest BCUT2D eigenvalue weighted by atomic mass is 9.71. The van der Waals surface area contributed by atoms with E-state index in [1.54, 1.807) is 6.08 Å². The normalized spacial score (nSPS) is 23.4. The maximum Gasteiger partial charge on any atom is 0.235 e. The predicted octanol–water partition coefficient (Wildman–Crippen LogP) is 6.13. The highest BCUT2D eigenvalue weighted by Gasteiger charge is 2.36. The molecule has 0 aromatic heterocycles. The Morgan fingerprint density at radius 3 is 2.35 bits per heavy atom. The first kappa shape index (κ1) is 16.7. The van der Waals surface area contributed by atoms with Gasteiger partial charge >= 0.3 is 0 Å². The van der Waals surface area contributed by atoms with Crippen LogP contribution in [0.25, 0.3) is 0 Å². The number of hydrogen-bond acceptors (Lipinski definition) is 2. The van der Waals surface area contributed by atoms with E-state index >= 15 is 0 Å². The predicted molar refractivity (Wildman–Crippen MR) is 94.7 cm³/mol. The van der Waals surface area contributed by atoms with Crippen molar-refractivity contribution in [2.75, 3.05) is 0 Å². The minimum Gasteiger partial charge on any atom is -0.211 e. The molecule has 0 amide bonds. The molecule has 0 atom stereocenters. The van der Waals surface area contributed by atoms with Crippen LogP contribution in [0.15, 0.2) is 23.2 Å². The van der Waals surface area contributed by atoms with Gasteiger partial charge in [0.15, 0.2) is 0 Å². The topological polar surface area (TPSA) is 29.4 Å². The van der Waals surface area contributed by atoms with Crippen LogP contribution in [0.4, 0.5) is 0 Å². The van der Waals surface area contributed by atoms with Gasteiger partial charge in [0, 0.05) is 5.02 Å². The molecule has 0 spiro atoms. The standard InChI is InChI=1S/C20H26ClNO/c1-19(2)11-7-15(8-12-19)17-6-5-16(13-18(17)21)20(22-14-23)9-3-4-10-20/h5-6,13,15H,3-4,7-12H2,1-2H3. The van der Waals surface area contributed by atoms with Crippen LogP contribution in [0, 0.1) is 5.41 Å². The molecule has 23 heavy (non-hydrogen) atoms. The van der Waals surface area contributed by atoms with Gasteiger partial charge in [0.05, 0.1) is 5.54 Å². The largest absolute Gasteiger partial charge is 0.235 e. The summed E-state index contributed by atoms with van der Waals surface area (Å²) >= 11 is 6.63. The monoisotopic (exact) mass is 331 g/mol. The fourth-order valence-electron chi connectivity index (χ4n) is 4.37. The third kappa shape index (κ3) is 3.39. The van der Waals surface area contributed by atoms with E-state index in [0.29, 0.717) is 11.3 Å². The zero-order valence-electron chi connectivity index (χ0n) is 14.2. The molecular weight excluding hydrogens is 306 g/mol. The zero-order valence-corrected chi connectivity index (χ0v) is 15.0. The van der Waals surface area contributed by atoms with E-state index < -0.39 is 0 Å². The fraction of sp³-hybridized carbons (Fsp3) is 0.650. The first-order valence-corrected chi connectivity index (χ1v) is 9.23. The molecule has 0 heterocycles. The van der Waals surface area contributed by atoms with Crippen molar-refractivity contribution in [2.24, 2.45) is 10.4 Å². The Balaban J connectivity index is 1.85. The van der Waals surface area contributed by atoms with E-state index in [4.69, 9.17) is 11.6 Å². The van der Waals surface area contributed by atoms with Crippen molar-refractivity contribution < 1.29 is 4.79 Å². The summed E-state index contributed by atoms with van der Waals surface area (Å²) in [6.07, 6.45) is 10.8. The molecule has 0 bridgehead atoms. The van der Waals surface area contributed by atoms with Crippen molar-refractivity contribution in [3.63, 3.8) is 0 Å². The summed E-state index contributed by atoms with van der Waals surface area (Å²) in [6, 6.07) is 6.39. The molecule has 3 heteroatoms. The van der Waals surface area contributed by atoms with Crippen LogP contribution < -0.4 is 0 Å². The van der Waals surface area contributed by atoms with E-state index in [-0.39, 0.29) is 5.54 Å². The van der Waals surface area contributed by atoms with Crippen molar-refractivity contribution in [1.29, 1.82) is 0 Å². The molecule has 0 N–H and O–H groups in total. The molecule has 124 valence electrons. The Labute approximate surface area is 144 Å². The summed E-state index contributed by atoms with van der Waals surface area (Å²) in [7, 11) is 0. The van der Waals surface area contributed by atoms with Gasteiger partial charge in [0.1, 0.15) is 0 Å². The highest BCUT2D eigenvalue weighted by Crippen LogP contribution is 2.46. The molecule has 2 aliphatic rings. The molecule has 2 fully saturated rings. The second-order valence-corrected chi connectivity index (χ2v) is 8.52. The van der Waals surface area contributed by atoms with Crippen LogP contribution in [0.5, 0.6) is 0 Å². The van der Waals surface area contributed by atoms with Crippen LogP contribution in [-0.2, 0) is 10.3 Å². The molecule has 1 aromatic rings. The quantitative estimate of drug-likeness (QED) is 0.484. The van der Waals surface area contributed by atoms with Crippen LogP contribution in [0.1, 0.15) is 82.3 Å². The Kier molecular flexibility index (Phi) is 4.67. The van der Waals surface area contributed by atoms with Crippen molar-refractivity contribution >= 4 is 17.7 Å². The fourth-order valence-corrected chi connectivity index (χ4v) is 4.71. The SMILES string of the molecule is CC1(C)CCC(c2ccc(C3(N=C=O)CCCC3)cc2Cl)CC1. The van der Waals surface area contributed by atoms with Gasteiger partial charge < -0.3 is 0 Å². The molecular formula is C20H26ClNO. The van der Waals surface area contributed by atoms with Crippen molar-refractivity contribution in [1.82, 2.24) is 0 Å². The number of carbonyl (C=O) groups excluding carboxylic acids is 1. The second kappa shape index (κ2) is 6.42. The van der Waals surface area contributed by atoms with Gasteiger partial charge in [-0.1, -0.05) is 50.4 Å². The van der Waals surface area contributed by atoms with Crippen molar-refractivity contribution in [3.05, 3.63) is 34.3 Å². The van der Waals surface area contributed by atoms with E-state index in [1.807, 2.05) is 0 Å². The Morgan fingerprint density at radius 1 is 1.13 bits per heavy atom. The molecule has 2 aliphatic carbocycles. The molecule has 0 unspecified atom stereocenters. The van der Waals surface area contributed by atoms with Crippen LogP contribution in [0.2, 0.25) is 5.02 Å². The van der Waals surface area contributed by atoms with Gasteiger partial charge in [0.25, 0.3) is 0 Å². The lowest BCUT2D eigenvalue weighted by Gasteiger charge is -2.35. The molecule has 1 aromatic carbocycles. The molecule has 0 radical (unpaired) electrons. The van der Waals surface area contributed by atoms with Crippen molar-refractivity contribution in [3.8, 4) is 0 Å². The third-order valence-electron chi connectivity index (χ3n) is 6.01. The summed E-state index contributed by atoms with van der Waals surface area (Å²) in [4.78, 5) is 15.0. The Morgan fingerprint density at radius 2 is 1.78 bits per heavy atom. The Hall–Kier alpha value is -1.11. The third-order valence-corrected chi connectivity index (χ3v) is 6.33. The maximum atomic E-state index is 10.9. The van der Waals surface area contributed by atoms with Gasteiger partial charge in [-0.3, -0.25) is 0 Å². The number of rotatable bonds is 3. The highest BCUT2D eigenvalue weighted by atomic mass is 35.5. The lowest BCUT2D eigenvalue weighted by Crippen LogP contribution is -2.21. The minimum absolute atomic E-state index is 0.377. The van der Waals surface area contributed by atoms with Gasteiger partial charge in [0.2, 0.25) is 6.08 Å². The molecule has 0 aliphatic heterocycles. The highest BCUT2D eigenvalue weighted by molar-refractivity contribution is 6.31. The van der Waals surface area contributed by atoms with E-state index in [9.17, 15) is 4.79 Å². The molecule has 2 nitrogen and oxygen atoms in total. The summed E-state index contributed by atoms with van der Waals surface area (Å²) in [5, 5.41) is 0.847.